The molecule has 3 rings (SSSR count). The van der Waals surface area contributed by atoms with Crippen molar-refractivity contribution in [1.82, 2.24) is 19.5 Å². The molecule has 0 amide bonds. The highest BCUT2D eigenvalue weighted by molar-refractivity contribution is 5.75. The van der Waals surface area contributed by atoms with Gasteiger partial charge in [0.25, 0.3) is 5.88 Å². The van der Waals surface area contributed by atoms with Crippen LogP contribution in [0, 0.1) is 0 Å². The van der Waals surface area contributed by atoms with Gasteiger partial charge < -0.3 is 14.7 Å². The lowest BCUT2D eigenvalue weighted by atomic mass is 10.2. The van der Waals surface area contributed by atoms with Crippen molar-refractivity contribution in [2.75, 3.05) is 6.61 Å². The van der Waals surface area contributed by atoms with Crippen molar-refractivity contribution in [3.63, 3.8) is 0 Å². The molecule has 8 nitrogen and oxygen atoms in total. The molecule has 0 bridgehead atoms. The summed E-state index contributed by atoms with van der Waals surface area (Å²) in [5, 5.41) is 9.02. The van der Waals surface area contributed by atoms with Gasteiger partial charge in [-0.2, -0.15) is 10.9 Å². The van der Waals surface area contributed by atoms with E-state index in [4.69, 9.17) is 15.7 Å². The number of hydrogen-bond donors (Lipinski definition) is 2. The predicted molar refractivity (Wildman–Crippen MR) is 60.6 cm³/mol. The van der Waals surface area contributed by atoms with Gasteiger partial charge in [-0.1, -0.05) is 0 Å². The fraction of sp³-hybridized carbons (Fsp3) is 0.500. The van der Waals surface area contributed by atoms with E-state index in [1.807, 2.05) is 0 Å². The van der Waals surface area contributed by atoms with Gasteiger partial charge in [0.15, 0.2) is 17.4 Å². The highest BCUT2D eigenvalue weighted by Gasteiger charge is 2.37. The highest BCUT2D eigenvalue weighted by atomic mass is 19.1. The summed E-state index contributed by atoms with van der Waals surface area (Å²) < 4.78 is 20.8. The number of alkyl halides is 1. The maximum absolute atomic E-state index is 13.9. The zero-order valence-corrected chi connectivity index (χ0v) is 9.81. The Morgan fingerprint density at radius 2 is 2.37 bits per heavy atom. The number of aliphatic hydroxyl groups is 1. The van der Waals surface area contributed by atoms with Gasteiger partial charge in [-0.3, -0.25) is 4.57 Å². The second-order valence-electron chi connectivity index (χ2n) is 4.20. The normalized spacial score (nSPS) is 27.0. The van der Waals surface area contributed by atoms with Crippen molar-refractivity contribution in [2.45, 2.75) is 24.9 Å². The number of rotatable bonds is 3. The quantitative estimate of drug-likeness (QED) is 0.736. The number of nitrogens with two attached hydrogens (primary N) is 1. The van der Waals surface area contributed by atoms with Crippen LogP contribution in [0.1, 0.15) is 12.6 Å². The molecule has 3 heterocycles. The number of imidazole rings is 1. The molecule has 0 saturated carbocycles. The third kappa shape index (κ3) is 1.91. The molecule has 0 unspecified atom stereocenters. The number of aromatic nitrogens is 4. The molecule has 0 aliphatic carbocycles. The lowest BCUT2D eigenvalue weighted by molar-refractivity contribution is -0.0351. The van der Waals surface area contributed by atoms with Gasteiger partial charge in [0.2, 0.25) is 0 Å². The topological polar surface area (TPSA) is 108 Å². The Labute approximate surface area is 106 Å². The van der Waals surface area contributed by atoms with Crippen LogP contribution in [0.3, 0.4) is 0 Å². The second-order valence-corrected chi connectivity index (χ2v) is 4.20. The third-order valence-electron chi connectivity index (χ3n) is 3.04. The first kappa shape index (κ1) is 12.2. The van der Waals surface area contributed by atoms with Crippen molar-refractivity contribution < 1.29 is 19.1 Å². The van der Waals surface area contributed by atoms with Crippen LogP contribution in [-0.2, 0) is 4.74 Å². The largest absolute Gasteiger partial charge is 0.394 e. The lowest BCUT2D eigenvalue weighted by Gasteiger charge is -2.15. The van der Waals surface area contributed by atoms with Crippen LogP contribution in [-0.4, -0.2) is 43.5 Å². The average molecular weight is 269 g/mol. The maximum atomic E-state index is 13.9. The van der Waals surface area contributed by atoms with E-state index in [0.29, 0.717) is 11.2 Å². The summed E-state index contributed by atoms with van der Waals surface area (Å²) in [6.07, 6.45) is 0.123. The zero-order chi connectivity index (χ0) is 13.4. The summed E-state index contributed by atoms with van der Waals surface area (Å²) in [6, 6.07) is 0. The Hall–Kier alpha value is -1.84. The van der Waals surface area contributed by atoms with Crippen LogP contribution >= 0.6 is 0 Å². The summed E-state index contributed by atoms with van der Waals surface area (Å²) >= 11 is 0. The Balaban J connectivity index is 2.02. The van der Waals surface area contributed by atoms with E-state index in [1.165, 1.54) is 17.2 Å². The SMILES string of the molecule is NOc1ncnc2c1ncn2[C@@H]1O[C@H](CO)C[C@@H]1F. The maximum Gasteiger partial charge on any atom is 0.268 e. The van der Waals surface area contributed by atoms with E-state index in [2.05, 4.69) is 19.8 Å². The summed E-state index contributed by atoms with van der Waals surface area (Å²) in [7, 11) is 0. The smallest absolute Gasteiger partial charge is 0.268 e. The molecule has 0 aromatic carbocycles. The van der Waals surface area contributed by atoms with E-state index < -0.39 is 18.5 Å². The monoisotopic (exact) mass is 269 g/mol. The number of ether oxygens (including phenoxy) is 1. The minimum absolute atomic E-state index is 0.107. The summed E-state index contributed by atoms with van der Waals surface area (Å²) in [4.78, 5) is 16.4. The van der Waals surface area contributed by atoms with Gasteiger partial charge in [0.1, 0.15) is 12.5 Å². The molecule has 19 heavy (non-hydrogen) atoms. The van der Waals surface area contributed by atoms with E-state index in [-0.39, 0.29) is 18.9 Å². The molecular weight excluding hydrogens is 257 g/mol. The number of aliphatic hydroxyl groups excluding tert-OH is 1. The van der Waals surface area contributed by atoms with Crippen LogP contribution < -0.4 is 10.7 Å². The van der Waals surface area contributed by atoms with E-state index in [9.17, 15) is 4.39 Å². The fourth-order valence-electron chi connectivity index (χ4n) is 2.17. The molecule has 1 aliphatic heterocycles. The average Bonchev–Trinajstić information content (AvgIpc) is 3.01. The van der Waals surface area contributed by atoms with Crippen LogP contribution in [0.15, 0.2) is 12.7 Å². The fourth-order valence-corrected chi connectivity index (χ4v) is 2.17. The van der Waals surface area contributed by atoms with Crippen molar-refractivity contribution in [1.29, 1.82) is 0 Å². The zero-order valence-electron chi connectivity index (χ0n) is 9.81. The Morgan fingerprint density at radius 1 is 1.53 bits per heavy atom. The summed E-state index contributed by atoms with van der Waals surface area (Å²) in [5.74, 6) is 5.18. The number of halogens is 1. The van der Waals surface area contributed by atoms with Gasteiger partial charge in [0, 0.05) is 6.42 Å². The molecule has 102 valence electrons. The first-order valence-corrected chi connectivity index (χ1v) is 5.69. The van der Waals surface area contributed by atoms with Crippen LogP contribution in [0.2, 0.25) is 0 Å². The Bertz CT molecular complexity index is 592. The van der Waals surface area contributed by atoms with Crippen molar-refractivity contribution in [2.24, 2.45) is 5.90 Å². The molecule has 1 saturated heterocycles. The van der Waals surface area contributed by atoms with Crippen LogP contribution in [0.5, 0.6) is 5.88 Å². The third-order valence-corrected chi connectivity index (χ3v) is 3.04. The van der Waals surface area contributed by atoms with Gasteiger partial charge >= 0.3 is 0 Å². The molecule has 3 N–H and O–H groups in total. The molecule has 1 aliphatic rings. The molecule has 1 fully saturated rings. The Kier molecular flexibility index (Phi) is 3.01. The minimum atomic E-state index is -1.24. The molecule has 0 radical (unpaired) electrons. The van der Waals surface area contributed by atoms with Gasteiger partial charge in [-0.25, -0.2) is 14.4 Å². The molecule has 3 atom stereocenters. The van der Waals surface area contributed by atoms with Crippen molar-refractivity contribution >= 4 is 11.2 Å². The van der Waals surface area contributed by atoms with Crippen LogP contribution in [0.4, 0.5) is 4.39 Å². The van der Waals surface area contributed by atoms with Gasteiger partial charge in [-0.15, -0.1) is 0 Å². The number of fused-ring (bicyclic) bond motifs is 1. The number of hydrogen-bond acceptors (Lipinski definition) is 7. The Morgan fingerprint density at radius 3 is 3.05 bits per heavy atom. The first-order valence-electron chi connectivity index (χ1n) is 5.69. The predicted octanol–water partition coefficient (Wildman–Crippen LogP) is -0.303. The molecule has 2 aromatic heterocycles. The van der Waals surface area contributed by atoms with Gasteiger partial charge in [-0.05, 0) is 0 Å². The van der Waals surface area contributed by atoms with E-state index in [0.717, 1.165) is 0 Å². The highest BCUT2D eigenvalue weighted by Crippen LogP contribution is 2.33. The molecule has 0 spiro atoms. The van der Waals surface area contributed by atoms with Crippen molar-refractivity contribution in [3.05, 3.63) is 12.7 Å². The first-order chi connectivity index (χ1) is 9.24. The molecular formula is C10H12FN5O3. The lowest BCUT2D eigenvalue weighted by Crippen LogP contribution is -2.17. The summed E-state index contributed by atoms with van der Waals surface area (Å²) in [6.45, 7) is -0.226. The van der Waals surface area contributed by atoms with Gasteiger partial charge in [0.05, 0.1) is 19.0 Å². The van der Waals surface area contributed by atoms with E-state index in [1.54, 1.807) is 0 Å². The van der Waals surface area contributed by atoms with E-state index >= 15 is 0 Å². The standard InChI is InChI=1S/C10H12FN5O3/c11-6-1-5(2-17)18-10(6)16-4-15-7-8(16)13-3-14-9(7)19-12/h3-6,10,17H,1-2,12H2/t5-,6-,10+/m0/s1. The molecule has 2 aromatic rings. The molecule has 9 heteroatoms. The summed E-state index contributed by atoms with van der Waals surface area (Å²) in [5.41, 5.74) is 0.690. The van der Waals surface area contributed by atoms with Crippen molar-refractivity contribution in [3.8, 4) is 5.88 Å². The number of nitrogens with zero attached hydrogens (tertiary/aromatic N) is 4. The van der Waals surface area contributed by atoms with Crippen LogP contribution in [0.25, 0.3) is 11.2 Å². The second kappa shape index (κ2) is 4.68. The minimum Gasteiger partial charge on any atom is -0.394 e.